The van der Waals surface area contributed by atoms with Crippen molar-refractivity contribution >= 4 is 15.9 Å². The molecule has 1 aromatic carbocycles. The van der Waals surface area contributed by atoms with Crippen molar-refractivity contribution in [2.45, 2.75) is 57.9 Å². The molecule has 1 nitrogen and oxygen atoms in total. The quantitative estimate of drug-likeness (QED) is 0.732. The zero-order valence-electron chi connectivity index (χ0n) is 12.0. The molecule has 0 aromatic heterocycles. The van der Waals surface area contributed by atoms with Gasteiger partial charge in [0.2, 0.25) is 0 Å². The first kappa shape index (κ1) is 15.1. The van der Waals surface area contributed by atoms with Crippen molar-refractivity contribution in [3.05, 3.63) is 34.3 Å². The molecule has 1 saturated carbocycles. The smallest absolute Gasteiger partial charge is 0.0318 e. The van der Waals surface area contributed by atoms with Crippen LogP contribution in [-0.4, -0.2) is 6.54 Å². The van der Waals surface area contributed by atoms with Gasteiger partial charge in [-0.1, -0.05) is 67.1 Å². The van der Waals surface area contributed by atoms with Gasteiger partial charge in [-0.2, -0.15) is 0 Å². The Labute approximate surface area is 126 Å². The van der Waals surface area contributed by atoms with Crippen LogP contribution >= 0.6 is 15.9 Å². The van der Waals surface area contributed by atoms with E-state index in [1.165, 1.54) is 48.6 Å². The predicted octanol–water partition coefficient (Wildman–Crippen LogP) is 5.46. The summed E-state index contributed by atoms with van der Waals surface area (Å²) in [5.41, 5.74) is 1.40. The summed E-state index contributed by atoms with van der Waals surface area (Å²) in [5, 5.41) is 3.74. The Balaban J connectivity index is 1.79. The van der Waals surface area contributed by atoms with E-state index < -0.39 is 0 Å². The largest absolute Gasteiger partial charge is 0.310 e. The number of nitrogens with one attached hydrogen (secondary N) is 1. The van der Waals surface area contributed by atoms with E-state index in [-0.39, 0.29) is 0 Å². The van der Waals surface area contributed by atoms with Crippen LogP contribution in [-0.2, 0) is 0 Å². The van der Waals surface area contributed by atoms with E-state index in [9.17, 15) is 0 Å². The summed E-state index contributed by atoms with van der Waals surface area (Å²) in [4.78, 5) is 0. The molecule has 0 spiro atoms. The van der Waals surface area contributed by atoms with Gasteiger partial charge >= 0.3 is 0 Å². The Morgan fingerprint density at radius 2 is 2.05 bits per heavy atom. The first-order valence-corrected chi connectivity index (χ1v) is 8.57. The van der Waals surface area contributed by atoms with Gasteiger partial charge in [-0.05, 0) is 43.0 Å². The Hall–Kier alpha value is -0.340. The second kappa shape index (κ2) is 8.06. The highest BCUT2D eigenvalue weighted by Crippen LogP contribution is 2.26. The highest BCUT2D eigenvalue weighted by atomic mass is 79.9. The van der Waals surface area contributed by atoms with Crippen LogP contribution in [0.25, 0.3) is 0 Å². The summed E-state index contributed by atoms with van der Waals surface area (Å²) < 4.78 is 1.18. The molecule has 1 aliphatic carbocycles. The molecule has 1 aromatic rings. The van der Waals surface area contributed by atoms with Crippen LogP contribution in [0.2, 0.25) is 0 Å². The lowest BCUT2D eigenvalue weighted by Crippen LogP contribution is -2.24. The van der Waals surface area contributed by atoms with E-state index in [1.807, 2.05) is 0 Å². The first-order chi connectivity index (χ1) is 9.29. The molecule has 0 aliphatic heterocycles. The summed E-state index contributed by atoms with van der Waals surface area (Å²) >= 11 is 3.56. The Bertz CT molecular complexity index is 371. The number of hydrogen-bond donors (Lipinski definition) is 1. The SMILES string of the molecule is CCC(NCCC1CCCCC1)c1cccc(Br)c1. The molecule has 1 unspecified atom stereocenters. The topological polar surface area (TPSA) is 12.0 Å². The average molecular weight is 324 g/mol. The van der Waals surface area contributed by atoms with Gasteiger partial charge in [-0.3, -0.25) is 0 Å². The van der Waals surface area contributed by atoms with Crippen molar-refractivity contribution in [3.63, 3.8) is 0 Å². The minimum atomic E-state index is 0.501. The van der Waals surface area contributed by atoms with E-state index >= 15 is 0 Å². The molecule has 2 heteroatoms. The van der Waals surface area contributed by atoms with Crippen LogP contribution in [0.1, 0.15) is 63.5 Å². The van der Waals surface area contributed by atoms with Gasteiger partial charge in [0.15, 0.2) is 0 Å². The van der Waals surface area contributed by atoms with Crippen LogP contribution in [0, 0.1) is 5.92 Å². The van der Waals surface area contributed by atoms with Crippen LogP contribution < -0.4 is 5.32 Å². The number of halogens is 1. The number of rotatable bonds is 6. The summed E-state index contributed by atoms with van der Waals surface area (Å²) in [6.45, 7) is 3.43. The molecule has 0 radical (unpaired) electrons. The number of benzene rings is 1. The molecule has 0 amide bonds. The fraction of sp³-hybridized carbons (Fsp3) is 0.647. The van der Waals surface area contributed by atoms with Crippen LogP contribution in [0.5, 0.6) is 0 Å². The summed E-state index contributed by atoms with van der Waals surface area (Å²) in [6.07, 6.45) is 9.77. The second-order valence-electron chi connectivity index (χ2n) is 5.76. The van der Waals surface area contributed by atoms with E-state index in [4.69, 9.17) is 0 Å². The number of hydrogen-bond acceptors (Lipinski definition) is 1. The predicted molar refractivity (Wildman–Crippen MR) is 86.4 cm³/mol. The molecule has 0 heterocycles. The van der Waals surface area contributed by atoms with Crippen molar-refractivity contribution in [1.29, 1.82) is 0 Å². The molecule has 0 saturated heterocycles. The molecule has 106 valence electrons. The lowest BCUT2D eigenvalue weighted by molar-refractivity contribution is 0.327. The third kappa shape index (κ3) is 4.92. The lowest BCUT2D eigenvalue weighted by atomic mass is 9.87. The lowest BCUT2D eigenvalue weighted by Gasteiger charge is -2.23. The monoisotopic (exact) mass is 323 g/mol. The van der Waals surface area contributed by atoms with Gasteiger partial charge in [-0.15, -0.1) is 0 Å². The standard InChI is InChI=1S/C17H26BrN/c1-2-17(15-9-6-10-16(18)13-15)19-12-11-14-7-4-3-5-8-14/h6,9-10,13-14,17,19H,2-5,7-8,11-12H2,1H3. The second-order valence-corrected chi connectivity index (χ2v) is 6.68. The molecular formula is C17H26BrN. The van der Waals surface area contributed by atoms with Gasteiger partial charge in [-0.25, -0.2) is 0 Å². The maximum atomic E-state index is 3.74. The van der Waals surface area contributed by atoms with Crippen LogP contribution in [0.3, 0.4) is 0 Å². The maximum absolute atomic E-state index is 3.74. The third-order valence-corrected chi connectivity index (χ3v) is 4.82. The molecule has 1 N–H and O–H groups in total. The van der Waals surface area contributed by atoms with E-state index in [1.54, 1.807) is 0 Å². The summed E-state index contributed by atoms with van der Waals surface area (Å²) in [7, 11) is 0. The summed E-state index contributed by atoms with van der Waals surface area (Å²) in [5.74, 6) is 0.973. The Morgan fingerprint density at radius 1 is 1.26 bits per heavy atom. The maximum Gasteiger partial charge on any atom is 0.0318 e. The normalized spacial score (nSPS) is 18.4. The van der Waals surface area contributed by atoms with E-state index in [2.05, 4.69) is 52.4 Å². The van der Waals surface area contributed by atoms with Crippen molar-refractivity contribution in [1.82, 2.24) is 5.32 Å². The van der Waals surface area contributed by atoms with Crippen molar-refractivity contribution < 1.29 is 0 Å². The van der Waals surface area contributed by atoms with Crippen LogP contribution in [0.4, 0.5) is 0 Å². The molecule has 0 bridgehead atoms. The first-order valence-electron chi connectivity index (χ1n) is 7.78. The minimum Gasteiger partial charge on any atom is -0.310 e. The molecule has 1 atom stereocenters. The highest BCUT2D eigenvalue weighted by Gasteiger charge is 2.14. The molecule has 19 heavy (non-hydrogen) atoms. The van der Waals surface area contributed by atoms with Crippen molar-refractivity contribution in [2.75, 3.05) is 6.54 Å². The van der Waals surface area contributed by atoms with E-state index in [0.717, 1.165) is 18.9 Å². The molecular weight excluding hydrogens is 298 g/mol. The van der Waals surface area contributed by atoms with Gasteiger partial charge in [0.05, 0.1) is 0 Å². The average Bonchev–Trinajstić information content (AvgIpc) is 2.45. The van der Waals surface area contributed by atoms with Gasteiger partial charge in [0, 0.05) is 10.5 Å². The van der Waals surface area contributed by atoms with Crippen LogP contribution in [0.15, 0.2) is 28.7 Å². The van der Waals surface area contributed by atoms with E-state index in [0.29, 0.717) is 6.04 Å². The highest BCUT2D eigenvalue weighted by molar-refractivity contribution is 9.10. The molecule has 2 rings (SSSR count). The summed E-state index contributed by atoms with van der Waals surface area (Å²) in [6, 6.07) is 9.19. The molecule has 1 fully saturated rings. The van der Waals surface area contributed by atoms with Gasteiger partial charge < -0.3 is 5.32 Å². The third-order valence-electron chi connectivity index (χ3n) is 4.33. The molecule has 1 aliphatic rings. The Kier molecular flexibility index (Phi) is 6.39. The van der Waals surface area contributed by atoms with Crippen molar-refractivity contribution in [3.8, 4) is 0 Å². The fourth-order valence-electron chi connectivity index (χ4n) is 3.16. The minimum absolute atomic E-state index is 0.501. The van der Waals surface area contributed by atoms with Gasteiger partial charge in [0.1, 0.15) is 0 Å². The fourth-order valence-corrected chi connectivity index (χ4v) is 3.58. The Morgan fingerprint density at radius 3 is 2.74 bits per heavy atom. The van der Waals surface area contributed by atoms with Gasteiger partial charge in [0.25, 0.3) is 0 Å². The zero-order chi connectivity index (χ0) is 13.5. The van der Waals surface area contributed by atoms with Crippen molar-refractivity contribution in [2.24, 2.45) is 5.92 Å². The zero-order valence-corrected chi connectivity index (χ0v) is 13.6.